The summed E-state index contributed by atoms with van der Waals surface area (Å²) in [5.41, 5.74) is 4.66. The summed E-state index contributed by atoms with van der Waals surface area (Å²) in [6.07, 6.45) is 1.44. The number of hydrogen-bond donors (Lipinski definition) is 1. The zero-order chi connectivity index (χ0) is 23.7. The first-order valence-corrected chi connectivity index (χ1v) is 10.6. The molecule has 170 valence electrons. The summed E-state index contributed by atoms with van der Waals surface area (Å²) in [5, 5.41) is 11.7. The van der Waals surface area contributed by atoms with Crippen molar-refractivity contribution in [1.82, 2.24) is 19.6 Å². The van der Waals surface area contributed by atoms with Gasteiger partial charge in [-0.15, -0.1) is 5.10 Å². The molecule has 1 amide bonds. The van der Waals surface area contributed by atoms with Gasteiger partial charge in [-0.3, -0.25) is 4.79 Å². The summed E-state index contributed by atoms with van der Waals surface area (Å²) in [6.45, 7) is 3.70. The van der Waals surface area contributed by atoms with Gasteiger partial charge in [0.1, 0.15) is 12.4 Å². The Labute approximate surface area is 194 Å². The van der Waals surface area contributed by atoms with Crippen LogP contribution in [0, 0.1) is 13.8 Å². The lowest BCUT2D eigenvalue weighted by molar-refractivity contribution is -0.117. The number of carbonyl (C=O) groups excluding carboxylic acids is 1. The van der Waals surface area contributed by atoms with Crippen LogP contribution in [0.25, 0.3) is 28.6 Å². The molecule has 0 spiro atoms. The lowest BCUT2D eigenvalue weighted by Crippen LogP contribution is -2.26. The zero-order valence-corrected chi connectivity index (χ0v) is 18.6. The SMILES string of the molecule is Cc1ccc(C)c(-c2cc(NC(=O)Cn3nc(-c4ccco4)oc3=O)n(-c3ccccc3)n2)c1. The predicted octanol–water partition coefficient (Wildman–Crippen LogP) is 4.20. The Kier molecular flexibility index (Phi) is 5.43. The fourth-order valence-electron chi connectivity index (χ4n) is 3.60. The molecule has 0 unspecified atom stereocenters. The Morgan fingerprint density at radius 3 is 2.59 bits per heavy atom. The highest BCUT2D eigenvalue weighted by molar-refractivity contribution is 5.90. The topological polar surface area (TPSA) is 108 Å². The number of nitrogens with zero attached hydrogens (tertiary/aromatic N) is 4. The van der Waals surface area contributed by atoms with Crippen molar-refractivity contribution in [3.05, 3.63) is 94.7 Å². The van der Waals surface area contributed by atoms with Gasteiger partial charge < -0.3 is 14.2 Å². The van der Waals surface area contributed by atoms with Gasteiger partial charge in [-0.1, -0.05) is 35.9 Å². The highest BCUT2D eigenvalue weighted by Gasteiger charge is 2.18. The molecule has 0 atom stereocenters. The average molecular weight is 455 g/mol. The van der Waals surface area contributed by atoms with Crippen LogP contribution >= 0.6 is 0 Å². The second-order valence-electron chi connectivity index (χ2n) is 7.84. The van der Waals surface area contributed by atoms with E-state index in [0.29, 0.717) is 11.6 Å². The number of para-hydroxylation sites is 1. The molecule has 5 rings (SSSR count). The maximum absolute atomic E-state index is 12.9. The Morgan fingerprint density at radius 1 is 1.00 bits per heavy atom. The van der Waals surface area contributed by atoms with Crippen molar-refractivity contribution < 1.29 is 13.6 Å². The third-order valence-corrected chi connectivity index (χ3v) is 5.28. The van der Waals surface area contributed by atoms with Crippen molar-refractivity contribution in [3.8, 4) is 28.6 Å². The van der Waals surface area contributed by atoms with E-state index in [4.69, 9.17) is 13.9 Å². The van der Waals surface area contributed by atoms with Crippen LogP contribution < -0.4 is 11.1 Å². The minimum absolute atomic E-state index is 0.00864. The van der Waals surface area contributed by atoms with E-state index in [-0.39, 0.29) is 12.4 Å². The van der Waals surface area contributed by atoms with Gasteiger partial charge in [-0.2, -0.15) is 9.78 Å². The summed E-state index contributed by atoms with van der Waals surface area (Å²) >= 11 is 0. The number of rotatable bonds is 6. The molecule has 3 aromatic heterocycles. The summed E-state index contributed by atoms with van der Waals surface area (Å²) < 4.78 is 12.9. The maximum Gasteiger partial charge on any atom is 0.437 e. The largest absolute Gasteiger partial charge is 0.459 e. The van der Waals surface area contributed by atoms with E-state index in [0.717, 1.165) is 32.8 Å². The van der Waals surface area contributed by atoms with Crippen molar-refractivity contribution in [2.45, 2.75) is 20.4 Å². The third kappa shape index (κ3) is 4.18. The van der Waals surface area contributed by atoms with E-state index in [1.54, 1.807) is 16.8 Å². The van der Waals surface area contributed by atoms with Crippen LogP contribution in [-0.4, -0.2) is 25.5 Å². The molecular weight excluding hydrogens is 434 g/mol. The quantitative estimate of drug-likeness (QED) is 0.411. The van der Waals surface area contributed by atoms with Gasteiger partial charge in [0.2, 0.25) is 5.91 Å². The summed E-state index contributed by atoms with van der Waals surface area (Å²) in [6, 6.07) is 20.7. The van der Waals surface area contributed by atoms with Crippen molar-refractivity contribution in [2.75, 3.05) is 5.32 Å². The summed E-state index contributed by atoms with van der Waals surface area (Å²) in [7, 11) is 0. The van der Waals surface area contributed by atoms with Gasteiger partial charge in [0, 0.05) is 11.6 Å². The second kappa shape index (κ2) is 8.70. The van der Waals surface area contributed by atoms with Gasteiger partial charge in [0.05, 0.1) is 17.6 Å². The molecule has 5 aromatic rings. The van der Waals surface area contributed by atoms with Gasteiger partial charge >= 0.3 is 5.76 Å². The Balaban J connectivity index is 1.46. The lowest BCUT2D eigenvalue weighted by Gasteiger charge is -2.08. The standard InChI is InChI=1S/C25H21N5O4/c1-16-10-11-17(2)19(13-16)20-14-22(30(27-20)18-7-4-3-5-8-18)26-23(31)15-29-25(32)34-24(28-29)21-9-6-12-33-21/h3-14H,15H2,1-2H3,(H,26,31). The van der Waals surface area contributed by atoms with E-state index in [1.807, 2.05) is 62.4 Å². The molecule has 0 radical (unpaired) electrons. The minimum Gasteiger partial charge on any atom is -0.459 e. The number of anilines is 1. The number of benzene rings is 2. The Bertz CT molecular complexity index is 1510. The highest BCUT2D eigenvalue weighted by Crippen LogP contribution is 2.28. The highest BCUT2D eigenvalue weighted by atomic mass is 16.4. The molecule has 0 aliphatic carbocycles. The van der Waals surface area contributed by atoms with Gasteiger partial charge in [0.15, 0.2) is 5.76 Å². The van der Waals surface area contributed by atoms with Crippen molar-refractivity contribution >= 4 is 11.7 Å². The van der Waals surface area contributed by atoms with E-state index in [9.17, 15) is 9.59 Å². The number of furan rings is 1. The molecule has 0 saturated heterocycles. The first-order valence-electron chi connectivity index (χ1n) is 10.6. The third-order valence-electron chi connectivity index (χ3n) is 5.28. The van der Waals surface area contributed by atoms with Gasteiger partial charge in [0.25, 0.3) is 5.89 Å². The van der Waals surface area contributed by atoms with Crippen molar-refractivity contribution in [3.63, 3.8) is 0 Å². The molecule has 34 heavy (non-hydrogen) atoms. The number of hydrogen-bond acceptors (Lipinski definition) is 6. The number of amides is 1. The average Bonchev–Trinajstić information content (AvgIpc) is 3.57. The first-order chi connectivity index (χ1) is 16.5. The second-order valence-corrected chi connectivity index (χ2v) is 7.84. The molecule has 9 heteroatoms. The van der Waals surface area contributed by atoms with Crippen LogP contribution in [0.15, 0.2) is 86.6 Å². The van der Waals surface area contributed by atoms with Crippen molar-refractivity contribution in [1.29, 1.82) is 0 Å². The molecule has 0 aliphatic rings. The van der Waals surface area contributed by atoms with E-state index in [2.05, 4.69) is 16.5 Å². The molecular formula is C25H21N5O4. The molecule has 9 nitrogen and oxygen atoms in total. The fraction of sp³-hybridized carbons (Fsp3) is 0.120. The maximum atomic E-state index is 12.9. The number of carbonyl (C=O) groups is 1. The molecule has 0 saturated carbocycles. The predicted molar refractivity (Wildman–Crippen MR) is 126 cm³/mol. The van der Waals surface area contributed by atoms with Crippen LogP contribution in [0.4, 0.5) is 5.82 Å². The zero-order valence-electron chi connectivity index (χ0n) is 18.6. The van der Waals surface area contributed by atoms with E-state index in [1.165, 1.54) is 6.26 Å². The van der Waals surface area contributed by atoms with Crippen molar-refractivity contribution in [2.24, 2.45) is 0 Å². The number of nitrogens with one attached hydrogen (secondary N) is 1. The first kappa shape index (κ1) is 21.2. The van der Waals surface area contributed by atoms with E-state index < -0.39 is 11.7 Å². The molecule has 1 N–H and O–H groups in total. The van der Waals surface area contributed by atoms with Crippen LogP contribution in [0.1, 0.15) is 11.1 Å². The molecule has 0 aliphatic heterocycles. The summed E-state index contributed by atoms with van der Waals surface area (Å²) in [5.74, 6) is -0.430. The normalized spacial score (nSPS) is 11.0. The molecule has 0 bridgehead atoms. The lowest BCUT2D eigenvalue weighted by atomic mass is 10.0. The van der Waals surface area contributed by atoms with Gasteiger partial charge in [-0.05, 0) is 49.7 Å². The van der Waals surface area contributed by atoms with Crippen LogP contribution in [0.3, 0.4) is 0 Å². The Hall–Kier alpha value is -4.66. The molecule has 3 heterocycles. The molecule has 2 aromatic carbocycles. The van der Waals surface area contributed by atoms with Crippen LogP contribution in [-0.2, 0) is 11.3 Å². The van der Waals surface area contributed by atoms with E-state index >= 15 is 0 Å². The number of aryl methyl sites for hydroxylation is 2. The van der Waals surface area contributed by atoms with Crippen LogP contribution in [0.5, 0.6) is 0 Å². The Morgan fingerprint density at radius 2 is 1.82 bits per heavy atom. The smallest absolute Gasteiger partial charge is 0.437 e. The monoisotopic (exact) mass is 455 g/mol. The number of aromatic nitrogens is 4. The summed E-state index contributed by atoms with van der Waals surface area (Å²) in [4.78, 5) is 25.0. The minimum atomic E-state index is -0.755. The van der Waals surface area contributed by atoms with Gasteiger partial charge in [-0.25, -0.2) is 9.48 Å². The molecule has 0 fully saturated rings. The fourth-order valence-corrected chi connectivity index (χ4v) is 3.60. The van der Waals surface area contributed by atoms with Crippen LogP contribution in [0.2, 0.25) is 0 Å².